The molecule has 214 valence electrons. The molecule has 0 saturated heterocycles. The first-order chi connectivity index (χ1) is 18.6. The Balaban J connectivity index is 2.53. The zero-order valence-corrected chi connectivity index (χ0v) is 25.1. The number of rotatable bonds is 11. The molecule has 0 atom stereocenters. The van der Waals surface area contributed by atoms with Gasteiger partial charge in [0.25, 0.3) is 0 Å². The van der Waals surface area contributed by atoms with Crippen molar-refractivity contribution in [3.05, 3.63) is 84.0 Å². The van der Waals surface area contributed by atoms with E-state index in [2.05, 4.69) is 13.2 Å². The third-order valence-corrected chi connectivity index (χ3v) is 5.68. The van der Waals surface area contributed by atoms with Crippen LogP contribution in [0, 0.1) is 10.8 Å². The van der Waals surface area contributed by atoms with Crippen LogP contribution >= 0.6 is 0 Å². The minimum Gasteiger partial charge on any atom is -0.490 e. The third kappa shape index (κ3) is 8.80. The molecule has 0 N–H and O–H groups in total. The highest BCUT2D eigenvalue weighted by molar-refractivity contribution is 6.07. The second-order valence-corrected chi connectivity index (χ2v) is 11.9. The molecule has 0 heterocycles. The Morgan fingerprint density at radius 1 is 0.825 bits per heavy atom. The van der Waals surface area contributed by atoms with Crippen molar-refractivity contribution >= 4 is 23.8 Å². The fourth-order valence-electron chi connectivity index (χ4n) is 3.51. The Hall–Kier alpha value is -3.93. The summed E-state index contributed by atoms with van der Waals surface area (Å²) in [6, 6.07) is 8.28. The van der Waals surface area contributed by atoms with Crippen LogP contribution in [0.25, 0.3) is 6.08 Å². The maximum atomic E-state index is 13.1. The fraction of sp³-hybridized carbons (Fsp3) is 0.382. The number of carbonyl (C=O) groups is 3. The number of hydrogen-bond donors (Lipinski definition) is 0. The van der Waals surface area contributed by atoms with Crippen molar-refractivity contribution in [3.63, 3.8) is 0 Å². The molecular weight excluding hydrogens is 504 g/mol. The normalized spacial score (nSPS) is 11.8. The predicted molar refractivity (Wildman–Crippen MR) is 160 cm³/mol. The summed E-state index contributed by atoms with van der Waals surface area (Å²) in [4.78, 5) is 38.1. The summed E-state index contributed by atoms with van der Waals surface area (Å²) in [7, 11) is 0. The fourth-order valence-corrected chi connectivity index (χ4v) is 3.51. The molecule has 0 spiro atoms. The van der Waals surface area contributed by atoms with Gasteiger partial charge in [0.15, 0.2) is 5.78 Å². The molecule has 0 aliphatic carbocycles. The molecular formula is C34H42O6. The molecule has 0 aromatic heterocycles. The zero-order valence-electron chi connectivity index (χ0n) is 25.1. The molecule has 2 rings (SSSR count). The topological polar surface area (TPSA) is 78.9 Å². The Bertz CT molecular complexity index is 1280. The lowest BCUT2D eigenvalue weighted by atomic mass is 9.95. The van der Waals surface area contributed by atoms with Crippen molar-refractivity contribution in [3.8, 4) is 17.2 Å². The van der Waals surface area contributed by atoms with Crippen molar-refractivity contribution < 1.29 is 28.6 Å². The molecule has 40 heavy (non-hydrogen) atoms. The van der Waals surface area contributed by atoms with Gasteiger partial charge in [-0.3, -0.25) is 14.4 Å². The van der Waals surface area contributed by atoms with Crippen LogP contribution in [0.1, 0.15) is 82.4 Å². The van der Waals surface area contributed by atoms with E-state index in [1.807, 2.05) is 19.9 Å². The maximum Gasteiger partial charge on any atom is 0.316 e. The quantitative estimate of drug-likeness (QED) is 0.0943. The Morgan fingerprint density at radius 3 is 1.88 bits per heavy atom. The van der Waals surface area contributed by atoms with Crippen LogP contribution in [-0.4, -0.2) is 23.8 Å². The van der Waals surface area contributed by atoms with Gasteiger partial charge in [0.1, 0.15) is 17.2 Å². The summed E-state index contributed by atoms with van der Waals surface area (Å²) in [6.45, 7) is 22.3. The van der Waals surface area contributed by atoms with E-state index in [9.17, 15) is 14.4 Å². The Kier molecular flexibility index (Phi) is 10.8. The lowest BCUT2D eigenvalue weighted by Gasteiger charge is -2.24. The highest BCUT2D eigenvalue weighted by Gasteiger charge is 2.28. The van der Waals surface area contributed by atoms with Crippen LogP contribution in [0.15, 0.2) is 61.7 Å². The SMILES string of the molecule is C=CCc1cc(/C=C/C(=O)c2ccc(OC(=O)C(C)(C)C)cc2)c(OC(C)C)c(CC=C)c1OC(=O)C(C)(C)C. The van der Waals surface area contributed by atoms with Crippen LogP contribution in [0.4, 0.5) is 0 Å². The van der Waals surface area contributed by atoms with Gasteiger partial charge in [0.2, 0.25) is 0 Å². The molecule has 0 aliphatic heterocycles. The molecule has 0 saturated carbocycles. The standard InChI is InChI=1S/C34H42O6/c1-11-13-24-21-25(17-20-28(35)23-15-18-26(19-16-23)39-31(36)33(5,6)7)29(38-22(3)4)27(14-12-2)30(24)40-32(37)34(8,9)10/h11-12,15-22H,1-2,13-14H2,3-10H3/b20-17+. The second kappa shape index (κ2) is 13.4. The minimum absolute atomic E-state index is 0.175. The van der Waals surface area contributed by atoms with Gasteiger partial charge in [-0.25, -0.2) is 0 Å². The van der Waals surface area contributed by atoms with E-state index in [0.717, 1.165) is 5.56 Å². The smallest absolute Gasteiger partial charge is 0.316 e. The van der Waals surface area contributed by atoms with E-state index in [1.54, 1.807) is 84.0 Å². The molecule has 2 aromatic rings. The Morgan fingerprint density at radius 2 is 1.38 bits per heavy atom. The van der Waals surface area contributed by atoms with Gasteiger partial charge in [0.05, 0.1) is 16.9 Å². The van der Waals surface area contributed by atoms with Crippen molar-refractivity contribution in [1.82, 2.24) is 0 Å². The van der Waals surface area contributed by atoms with Gasteiger partial charge in [-0.1, -0.05) is 12.2 Å². The molecule has 6 nitrogen and oxygen atoms in total. The van der Waals surface area contributed by atoms with Crippen LogP contribution < -0.4 is 14.2 Å². The van der Waals surface area contributed by atoms with Crippen LogP contribution in [0.2, 0.25) is 0 Å². The van der Waals surface area contributed by atoms with Crippen molar-refractivity contribution in [2.24, 2.45) is 10.8 Å². The van der Waals surface area contributed by atoms with Crippen molar-refractivity contribution in [1.29, 1.82) is 0 Å². The largest absolute Gasteiger partial charge is 0.490 e. The minimum atomic E-state index is -0.707. The van der Waals surface area contributed by atoms with E-state index in [1.165, 1.54) is 6.08 Å². The van der Waals surface area contributed by atoms with Crippen molar-refractivity contribution in [2.75, 3.05) is 0 Å². The summed E-state index contributed by atoms with van der Waals surface area (Å²) in [5, 5.41) is 0. The first-order valence-electron chi connectivity index (χ1n) is 13.4. The maximum absolute atomic E-state index is 13.1. The lowest BCUT2D eigenvalue weighted by Crippen LogP contribution is -2.26. The number of benzene rings is 2. The highest BCUT2D eigenvalue weighted by atomic mass is 16.5. The summed E-state index contributed by atoms with van der Waals surface area (Å²) in [5.41, 5.74) is 1.19. The molecule has 2 aromatic carbocycles. The summed E-state index contributed by atoms with van der Waals surface area (Å²) >= 11 is 0. The predicted octanol–water partition coefficient (Wildman–Crippen LogP) is 7.73. The highest BCUT2D eigenvalue weighted by Crippen LogP contribution is 2.39. The number of esters is 2. The second-order valence-electron chi connectivity index (χ2n) is 11.9. The van der Waals surface area contributed by atoms with E-state index in [0.29, 0.717) is 46.8 Å². The Labute approximate surface area is 238 Å². The molecule has 0 amide bonds. The average Bonchev–Trinajstić information content (AvgIpc) is 2.85. The van der Waals surface area contributed by atoms with Gasteiger partial charge in [-0.15, -0.1) is 13.2 Å². The first-order valence-corrected chi connectivity index (χ1v) is 13.4. The van der Waals surface area contributed by atoms with E-state index >= 15 is 0 Å². The number of ether oxygens (including phenoxy) is 3. The van der Waals surface area contributed by atoms with E-state index in [4.69, 9.17) is 14.2 Å². The van der Waals surface area contributed by atoms with Gasteiger partial charge in [0, 0.05) is 16.7 Å². The van der Waals surface area contributed by atoms with Gasteiger partial charge in [-0.05, 0) is 116 Å². The molecule has 0 unspecified atom stereocenters. The summed E-state index contributed by atoms with van der Waals surface area (Å²) in [6.07, 6.45) is 7.28. The number of carbonyl (C=O) groups excluding carboxylic acids is 3. The molecule has 0 radical (unpaired) electrons. The van der Waals surface area contributed by atoms with Crippen molar-refractivity contribution in [2.45, 2.75) is 74.3 Å². The number of allylic oxidation sites excluding steroid dienone is 3. The van der Waals surface area contributed by atoms with Crippen LogP contribution in [-0.2, 0) is 22.4 Å². The van der Waals surface area contributed by atoms with E-state index < -0.39 is 10.8 Å². The molecule has 0 fully saturated rings. The monoisotopic (exact) mass is 546 g/mol. The molecule has 0 aliphatic rings. The van der Waals surface area contributed by atoms with Gasteiger partial charge in [-0.2, -0.15) is 0 Å². The third-order valence-electron chi connectivity index (χ3n) is 5.68. The van der Waals surface area contributed by atoms with Crippen LogP contribution in [0.5, 0.6) is 17.2 Å². The average molecular weight is 547 g/mol. The summed E-state index contributed by atoms with van der Waals surface area (Å²) < 4.78 is 17.5. The van der Waals surface area contributed by atoms with E-state index in [-0.39, 0.29) is 23.8 Å². The van der Waals surface area contributed by atoms with Gasteiger partial charge < -0.3 is 14.2 Å². The summed E-state index contributed by atoms with van der Waals surface area (Å²) in [5.74, 6) is 0.367. The number of ketones is 1. The first kappa shape index (κ1) is 32.3. The van der Waals surface area contributed by atoms with Gasteiger partial charge >= 0.3 is 11.9 Å². The van der Waals surface area contributed by atoms with Crippen LogP contribution in [0.3, 0.4) is 0 Å². The lowest BCUT2D eigenvalue weighted by molar-refractivity contribution is -0.143. The zero-order chi connectivity index (χ0) is 30.3. The molecule has 0 bridgehead atoms. The molecule has 6 heteroatoms. The number of hydrogen-bond acceptors (Lipinski definition) is 6.